The van der Waals surface area contributed by atoms with Crippen LogP contribution in [0.1, 0.15) is 95.3 Å². The van der Waals surface area contributed by atoms with E-state index < -0.39 is 0 Å². The maximum Gasteiger partial charge on any atom is 0 e. The smallest absolute Gasteiger partial charge is 0 e. The second-order valence-electron chi connectivity index (χ2n) is 8.48. The van der Waals surface area contributed by atoms with Gasteiger partial charge in [0.05, 0.1) is 0 Å². The minimum absolute atomic E-state index is 0. The summed E-state index contributed by atoms with van der Waals surface area (Å²) in [6.45, 7) is 12.3. The first-order chi connectivity index (χ1) is 9.51. The molecule has 0 aromatic heterocycles. The fraction of sp³-hybridized carbons (Fsp3) is 1.00. The van der Waals surface area contributed by atoms with Crippen LogP contribution >= 0.6 is 0 Å². The van der Waals surface area contributed by atoms with E-state index in [1.54, 1.807) is 0 Å². The van der Waals surface area contributed by atoms with Crippen LogP contribution < -0.4 is 0 Å². The van der Waals surface area contributed by atoms with Crippen LogP contribution in [-0.2, 0) is 0 Å². The average molecular weight is 283 g/mol. The standard InChI is InChI=1S/C20H38.2H2/c1-6-17(18-11-8-15(3)9-12-18)13-10-16(4)20(5)14-19(20)7-2;;/h15-19H,6-14H2,1-5H3;2*1H. The highest BCUT2D eigenvalue weighted by Gasteiger charge is 2.51. The summed E-state index contributed by atoms with van der Waals surface area (Å²) < 4.78 is 0. The molecule has 2 saturated carbocycles. The molecule has 0 aliphatic heterocycles. The van der Waals surface area contributed by atoms with E-state index in [4.69, 9.17) is 0 Å². The van der Waals surface area contributed by atoms with Gasteiger partial charge in [-0.25, -0.2) is 0 Å². The molecule has 2 rings (SSSR count). The van der Waals surface area contributed by atoms with Gasteiger partial charge >= 0.3 is 0 Å². The Morgan fingerprint density at radius 3 is 2.25 bits per heavy atom. The highest BCUT2D eigenvalue weighted by atomic mass is 14.6. The first kappa shape index (κ1) is 16.4. The predicted octanol–water partition coefficient (Wildman–Crippen LogP) is 7.18. The Morgan fingerprint density at radius 2 is 1.75 bits per heavy atom. The summed E-state index contributed by atoms with van der Waals surface area (Å²) in [7, 11) is 0. The highest BCUT2D eigenvalue weighted by molar-refractivity contribution is 5.01. The van der Waals surface area contributed by atoms with Gasteiger partial charge in [0.15, 0.2) is 0 Å². The summed E-state index contributed by atoms with van der Waals surface area (Å²) in [5, 5.41) is 0. The van der Waals surface area contributed by atoms with Gasteiger partial charge in [0, 0.05) is 2.85 Å². The molecule has 0 nitrogen and oxygen atoms in total. The normalized spacial score (nSPS) is 40.4. The summed E-state index contributed by atoms with van der Waals surface area (Å²) in [6, 6.07) is 0. The zero-order valence-corrected chi connectivity index (χ0v) is 14.8. The van der Waals surface area contributed by atoms with E-state index in [0.29, 0.717) is 5.41 Å². The van der Waals surface area contributed by atoms with Crippen LogP contribution in [0.2, 0.25) is 0 Å². The topological polar surface area (TPSA) is 0 Å². The first-order valence-electron chi connectivity index (χ1n) is 9.51. The molecule has 0 saturated heterocycles. The van der Waals surface area contributed by atoms with Gasteiger partial charge in [-0.1, -0.05) is 60.3 Å². The third-order valence-electron chi connectivity index (χ3n) is 7.30. The molecule has 0 radical (unpaired) electrons. The van der Waals surface area contributed by atoms with Crippen LogP contribution in [-0.4, -0.2) is 0 Å². The average Bonchev–Trinajstić information content (AvgIpc) is 3.13. The van der Waals surface area contributed by atoms with Crippen molar-refractivity contribution in [3.8, 4) is 0 Å². The van der Waals surface area contributed by atoms with Crippen molar-refractivity contribution in [1.82, 2.24) is 0 Å². The molecule has 2 fully saturated rings. The third kappa shape index (κ3) is 3.60. The van der Waals surface area contributed by atoms with E-state index >= 15 is 0 Å². The van der Waals surface area contributed by atoms with Crippen molar-refractivity contribution in [2.24, 2.45) is 35.0 Å². The molecule has 0 amide bonds. The molecule has 0 bridgehead atoms. The predicted molar refractivity (Wildman–Crippen MR) is 94.0 cm³/mol. The van der Waals surface area contributed by atoms with Crippen LogP contribution in [0.4, 0.5) is 0 Å². The lowest BCUT2D eigenvalue weighted by Crippen LogP contribution is -2.22. The van der Waals surface area contributed by atoms with Crippen molar-refractivity contribution >= 4 is 0 Å². The SMILES string of the molecule is CCC(CCC(C)C1(C)CC1CC)C1CCC(C)CC1.[HH].[HH]. The maximum atomic E-state index is 2.55. The molecule has 2 aliphatic rings. The van der Waals surface area contributed by atoms with E-state index in [2.05, 4.69) is 34.6 Å². The Morgan fingerprint density at radius 1 is 1.10 bits per heavy atom. The van der Waals surface area contributed by atoms with Gasteiger partial charge in [0.1, 0.15) is 0 Å². The van der Waals surface area contributed by atoms with E-state index in [-0.39, 0.29) is 2.85 Å². The van der Waals surface area contributed by atoms with Gasteiger partial charge in [0.2, 0.25) is 0 Å². The monoisotopic (exact) mass is 282 g/mol. The van der Waals surface area contributed by atoms with Crippen molar-refractivity contribution in [3.63, 3.8) is 0 Å². The summed E-state index contributed by atoms with van der Waals surface area (Å²) in [6.07, 6.45) is 13.3. The van der Waals surface area contributed by atoms with E-state index in [0.717, 1.165) is 29.6 Å². The molecule has 20 heavy (non-hydrogen) atoms. The Labute approximate surface area is 131 Å². The molecule has 2 aliphatic carbocycles. The Balaban J connectivity index is 0.00000220. The van der Waals surface area contributed by atoms with Gasteiger partial charge in [-0.15, -0.1) is 0 Å². The summed E-state index contributed by atoms with van der Waals surface area (Å²) >= 11 is 0. The Hall–Kier alpha value is 0. The lowest BCUT2D eigenvalue weighted by molar-refractivity contribution is 0.180. The molecule has 4 unspecified atom stereocenters. The first-order valence-corrected chi connectivity index (χ1v) is 9.51. The van der Waals surface area contributed by atoms with Crippen molar-refractivity contribution in [2.75, 3.05) is 0 Å². The molecule has 0 N–H and O–H groups in total. The van der Waals surface area contributed by atoms with Crippen LogP contribution in [0.15, 0.2) is 0 Å². The van der Waals surface area contributed by atoms with Gasteiger partial charge in [-0.3, -0.25) is 0 Å². The van der Waals surface area contributed by atoms with Crippen molar-refractivity contribution < 1.29 is 2.85 Å². The van der Waals surface area contributed by atoms with Crippen LogP contribution in [0.3, 0.4) is 0 Å². The van der Waals surface area contributed by atoms with E-state index in [1.165, 1.54) is 57.8 Å². The molecule has 4 atom stereocenters. The fourth-order valence-corrected chi connectivity index (χ4v) is 5.01. The number of hydrogen-bond donors (Lipinski definition) is 0. The van der Waals surface area contributed by atoms with Gasteiger partial charge in [-0.05, 0) is 67.1 Å². The summed E-state index contributed by atoms with van der Waals surface area (Å²) in [5.41, 5.74) is 0.703. The molecule has 0 spiro atoms. The minimum Gasteiger partial charge on any atom is -0.0651 e. The summed E-state index contributed by atoms with van der Waals surface area (Å²) in [4.78, 5) is 0. The van der Waals surface area contributed by atoms with Crippen molar-refractivity contribution in [1.29, 1.82) is 0 Å². The largest absolute Gasteiger partial charge is 0.0651 e. The second-order valence-corrected chi connectivity index (χ2v) is 8.48. The zero-order chi connectivity index (χ0) is 14.8. The van der Waals surface area contributed by atoms with Crippen molar-refractivity contribution in [2.45, 2.75) is 92.4 Å². The molecular weight excluding hydrogens is 240 g/mol. The van der Waals surface area contributed by atoms with Crippen LogP contribution in [0.25, 0.3) is 0 Å². The molecule has 0 heterocycles. The maximum absolute atomic E-state index is 2.55. The van der Waals surface area contributed by atoms with Crippen LogP contribution in [0, 0.1) is 35.0 Å². The van der Waals surface area contributed by atoms with E-state index in [9.17, 15) is 0 Å². The molecule has 0 aromatic carbocycles. The van der Waals surface area contributed by atoms with Gasteiger partial charge in [0.25, 0.3) is 0 Å². The van der Waals surface area contributed by atoms with Gasteiger partial charge < -0.3 is 0 Å². The number of hydrogen-bond acceptors (Lipinski definition) is 0. The lowest BCUT2D eigenvalue weighted by atomic mass is 9.72. The zero-order valence-electron chi connectivity index (χ0n) is 14.8. The molecule has 0 aromatic rings. The molecule has 122 valence electrons. The molecular formula is C20H42. The Kier molecular flexibility index (Phi) is 5.60. The summed E-state index contributed by atoms with van der Waals surface area (Å²) in [5.74, 6) is 5.06. The van der Waals surface area contributed by atoms with Gasteiger partial charge in [-0.2, -0.15) is 0 Å². The lowest BCUT2D eigenvalue weighted by Gasteiger charge is -2.33. The highest BCUT2D eigenvalue weighted by Crippen LogP contribution is 2.60. The molecule has 0 heteroatoms. The quantitative estimate of drug-likeness (QED) is 0.464. The van der Waals surface area contributed by atoms with Crippen molar-refractivity contribution in [3.05, 3.63) is 0 Å². The number of rotatable bonds is 7. The Bertz CT molecular complexity index is 296. The van der Waals surface area contributed by atoms with Crippen LogP contribution in [0.5, 0.6) is 0 Å². The second kappa shape index (κ2) is 6.84. The minimum atomic E-state index is 0. The fourth-order valence-electron chi connectivity index (χ4n) is 5.01. The van der Waals surface area contributed by atoms with E-state index in [1.807, 2.05) is 0 Å². The third-order valence-corrected chi connectivity index (χ3v) is 7.30.